The van der Waals surface area contributed by atoms with Crippen LogP contribution in [0.1, 0.15) is 29.6 Å². The third-order valence-electron chi connectivity index (χ3n) is 4.96. The minimum absolute atomic E-state index is 0.0970. The van der Waals surface area contributed by atoms with Gasteiger partial charge in [-0.25, -0.2) is 4.79 Å². The average molecular weight is 309 g/mol. The van der Waals surface area contributed by atoms with E-state index in [1.807, 2.05) is 13.1 Å². The van der Waals surface area contributed by atoms with E-state index in [0.717, 1.165) is 12.8 Å². The summed E-state index contributed by atoms with van der Waals surface area (Å²) in [5.74, 6) is -1.06. The summed E-state index contributed by atoms with van der Waals surface area (Å²) in [6, 6.07) is 9.36. The Hall–Kier alpha value is -1.88. The molecule has 4 atom stereocenters. The third kappa shape index (κ3) is 2.61. The van der Waals surface area contributed by atoms with E-state index < -0.39 is 12.0 Å². The van der Waals surface area contributed by atoms with Crippen molar-refractivity contribution in [1.82, 2.24) is 4.90 Å². The van der Waals surface area contributed by atoms with Crippen molar-refractivity contribution in [2.75, 3.05) is 14.2 Å². The van der Waals surface area contributed by atoms with E-state index in [0.29, 0.717) is 18.0 Å². The molecule has 0 aromatic heterocycles. The summed E-state index contributed by atoms with van der Waals surface area (Å²) >= 11 is 0. The van der Waals surface area contributed by atoms with Crippen LogP contribution < -0.4 is 0 Å². The van der Waals surface area contributed by atoms with Crippen LogP contribution in [0.15, 0.2) is 30.3 Å². The molecule has 1 aromatic rings. The fourth-order valence-corrected chi connectivity index (χ4v) is 3.77. The van der Waals surface area contributed by atoms with Gasteiger partial charge in [0.25, 0.3) is 0 Å². The van der Waals surface area contributed by atoms with Crippen LogP contribution in [0.5, 0.6) is 0 Å². The Bertz CT molecular complexity index is 559. The molecule has 0 spiro atoms. The highest BCUT2D eigenvalue weighted by Gasteiger charge is 2.50. The van der Waals surface area contributed by atoms with Crippen LogP contribution in [0.3, 0.4) is 0 Å². The Morgan fingerprint density at radius 3 is 2.59 bits per heavy atom. The van der Waals surface area contributed by atoms with E-state index in [2.05, 4.69) is 4.90 Å². The summed E-state index contributed by atoms with van der Waals surface area (Å²) < 4.78 is 10.6. The lowest BCUT2D eigenvalue weighted by atomic mass is 9.87. The van der Waals surface area contributed by atoms with E-state index in [1.54, 1.807) is 24.3 Å². The zero-order valence-electron chi connectivity index (χ0n) is 12.9. The third-order valence-corrected chi connectivity index (χ3v) is 4.96. The number of carbonyl (C=O) groups is 2. The van der Waals surface area contributed by atoms with E-state index in [-0.39, 0.29) is 18.0 Å². The molecule has 0 radical (unpaired) electrons. The number of carbonyl (C=O) groups excluding carboxylic acids is 2. The summed E-state index contributed by atoms with van der Waals surface area (Å²) in [6.07, 6.45) is 2.26. The van der Waals surface area contributed by atoms with Gasteiger partial charge in [-0.2, -0.15) is 0 Å². The van der Waals surface area contributed by atoms with Gasteiger partial charge in [0.1, 0.15) is 12.0 Å². The standard InChI is InChI=1S/C17H21NO4/c1-18-12-8-9-13(18)15(17(20)21-2)14(10-12)22-16(19)11-6-4-3-5-7-11/h3-7,12-15H,8-10H2,1-2H3/t12?,13?,14-,15+/m0/s1/i3+1,4+1,5+1,6+1,7+1,11+1. The number of ether oxygens (including phenoxy) is 2. The Morgan fingerprint density at radius 1 is 1.18 bits per heavy atom. The molecule has 0 N–H and O–H groups in total. The number of esters is 2. The maximum absolute atomic E-state index is 12.3. The highest BCUT2D eigenvalue weighted by atomic mass is 16.6. The molecule has 5 heteroatoms. The second-order valence-corrected chi connectivity index (χ2v) is 6.06. The predicted octanol–water partition coefficient (Wildman–Crippen LogP) is 1.87. The molecule has 2 saturated heterocycles. The number of hydrogen-bond acceptors (Lipinski definition) is 5. The Balaban J connectivity index is 1.79. The monoisotopic (exact) mass is 309 g/mol. The van der Waals surface area contributed by atoms with Crippen LogP contribution in [0, 0.1) is 5.92 Å². The van der Waals surface area contributed by atoms with Gasteiger partial charge in [0.2, 0.25) is 0 Å². The van der Waals surface area contributed by atoms with Gasteiger partial charge in [0.05, 0.1) is 12.7 Å². The summed E-state index contributed by atoms with van der Waals surface area (Å²) in [5, 5.41) is 0. The van der Waals surface area contributed by atoms with Crippen LogP contribution in [0.2, 0.25) is 0 Å². The molecule has 2 unspecified atom stereocenters. The molecule has 2 fully saturated rings. The van der Waals surface area contributed by atoms with E-state index in [9.17, 15) is 9.59 Å². The fraction of sp³-hybridized carbons (Fsp3) is 0.529. The van der Waals surface area contributed by atoms with Crippen molar-refractivity contribution in [2.24, 2.45) is 5.92 Å². The fourth-order valence-electron chi connectivity index (χ4n) is 3.77. The van der Waals surface area contributed by atoms with Gasteiger partial charge < -0.3 is 9.47 Å². The predicted molar refractivity (Wildman–Crippen MR) is 80.3 cm³/mol. The number of piperidine rings is 1. The number of rotatable bonds is 3. The first kappa shape index (κ1) is 15.0. The van der Waals surface area contributed by atoms with Crippen LogP contribution in [0.4, 0.5) is 0 Å². The van der Waals surface area contributed by atoms with Crippen LogP contribution in [0.25, 0.3) is 0 Å². The molecule has 0 amide bonds. The zero-order valence-corrected chi connectivity index (χ0v) is 12.9. The molecule has 0 saturated carbocycles. The minimum atomic E-state index is -0.408. The number of methoxy groups -OCH3 is 1. The van der Waals surface area contributed by atoms with Gasteiger partial charge in [-0.05, 0) is 32.0 Å². The molecule has 1 aromatic carbocycles. The molecule has 118 valence electrons. The number of fused-ring (bicyclic) bond motifs is 2. The number of benzene rings is 1. The first-order valence-electron chi connectivity index (χ1n) is 7.67. The second kappa shape index (κ2) is 6.08. The number of nitrogens with zero attached hydrogens (tertiary/aromatic N) is 1. The lowest BCUT2D eigenvalue weighted by Gasteiger charge is -2.40. The van der Waals surface area contributed by atoms with Gasteiger partial charge in [-0.3, -0.25) is 9.69 Å². The zero-order chi connectivity index (χ0) is 15.7. The van der Waals surface area contributed by atoms with Gasteiger partial charge in [0, 0.05) is 18.5 Å². The summed E-state index contributed by atoms with van der Waals surface area (Å²) in [5.41, 5.74) is 0.511. The molecule has 2 heterocycles. The Labute approximate surface area is 130 Å². The molecule has 3 rings (SSSR count). The SMILES string of the molecule is COC(=O)[C@@H]1C2CCC(C[C@@H]1OC(=O)[13c]1[13cH][13cH][13cH][13cH][13cH]1)N2C. The molecule has 0 aliphatic carbocycles. The van der Waals surface area contributed by atoms with Crippen molar-refractivity contribution in [3.05, 3.63) is 35.9 Å². The van der Waals surface area contributed by atoms with Gasteiger partial charge in [0.15, 0.2) is 0 Å². The lowest BCUT2D eigenvalue weighted by molar-refractivity contribution is -0.156. The normalized spacial score (nSPS) is 30.8. The lowest BCUT2D eigenvalue weighted by Crippen LogP contribution is -2.53. The van der Waals surface area contributed by atoms with Crippen molar-refractivity contribution < 1.29 is 19.1 Å². The topological polar surface area (TPSA) is 55.8 Å². The maximum atomic E-state index is 12.3. The van der Waals surface area contributed by atoms with Crippen LogP contribution in [-0.4, -0.2) is 49.2 Å². The molecule has 2 bridgehead atoms. The molecular weight excluding hydrogens is 288 g/mol. The first-order valence-corrected chi connectivity index (χ1v) is 7.67. The minimum Gasteiger partial charge on any atom is -0.469 e. The maximum Gasteiger partial charge on any atom is 0.338 e. The van der Waals surface area contributed by atoms with Crippen molar-refractivity contribution in [3.63, 3.8) is 0 Å². The van der Waals surface area contributed by atoms with Crippen LogP contribution >= 0.6 is 0 Å². The smallest absolute Gasteiger partial charge is 0.338 e. The molecule has 2 aliphatic rings. The number of hydrogen-bond donors (Lipinski definition) is 0. The molecule has 22 heavy (non-hydrogen) atoms. The summed E-state index contributed by atoms with van der Waals surface area (Å²) in [7, 11) is 3.42. The Kier molecular flexibility index (Phi) is 4.16. The second-order valence-electron chi connectivity index (χ2n) is 6.06. The molecule has 5 nitrogen and oxygen atoms in total. The first-order chi connectivity index (χ1) is 10.6. The van der Waals surface area contributed by atoms with Gasteiger partial charge in [-0.15, -0.1) is 0 Å². The summed E-state index contributed by atoms with van der Waals surface area (Å²) in [4.78, 5) is 26.7. The van der Waals surface area contributed by atoms with Crippen molar-refractivity contribution in [2.45, 2.75) is 37.5 Å². The van der Waals surface area contributed by atoms with Crippen molar-refractivity contribution in [1.29, 1.82) is 0 Å². The highest BCUT2D eigenvalue weighted by molar-refractivity contribution is 5.89. The average Bonchev–Trinajstić information content (AvgIpc) is 2.78. The summed E-state index contributed by atoms with van der Waals surface area (Å²) in [6.45, 7) is 0. The largest absolute Gasteiger partial charge is 0.469 e. The van der Waals surface area contributed by atoms with Crippen molar-refractivity contribution >= 4 is 11.9 Å². The molecular formula is C17H21NO4. The van der Waals surface area contributed by atoms with Crippen LogP contribution in [-0.2, 0) is 14.3 Å². The van der Waals surface area contributed by atoms with E-state index >= 15 is 0 Å². The molecule has 2 aliphatic heterocycles. The van der Waals surface area contributed by atoms with E-state index in [4.69, 9.17) is 9.47 Å². The van der Waals surface area contributed by atoms with Gasteiger partial charge >= 0.3 is 11.9 Å². The van der Waals surface area contributed by atoms with Gasteiger partial charge in [-0.1, -0.05) is 18.2 Å². The Morgan fingerprint density at radius 2 is 1.91 bits per heavy atom. The van der Waals surface area contributed by atoms with E-state index in [1.165, 1.54) is 7.11 Å². The highest BCUT2D eigenvalue weighted by Crippen LogP contribution is 2.40. The van der Waals surface area contributed by atoms with Crippen molar-refractivity contribution in [3.8, 4) is 0 Å². The quantitative estimate of drug-likeness (QED) is 0.798.